The van der Waals surface area contributed by atoms with E-state index in [1.54, 1.807) is 36.2 Å². The lowest BCUT2D eigenvalue weighted by molar-refractivity contribution is -0.121. The van der Waals surface area contributed by atoms with E-state index in [0.717, 1.165) is 11.3 Å². The zero-order valence-electron chi connectivity index (χ0n) is 18.4. The molecule has 3 aromatic rings. The van der Waals surface area contributed by atoms with E-state index >= 15 is 0 Å². The van der Waals surface area contributed by atoms with Crippen LogP contribution in [0.3, 0.4) is 0 Å². The minimum atomic E-state index is -0.775. The van der Waals surface area contributed by atoms with Gasteiger partial charge in [-0.15, -0.1) is 4.91 Å². The van der Waals surface area contributed by atoms with Crippen molar-refractivity contribution in [1.29, 1.82) is 0 Å². The Kier molecular flexibility index (Phi) is 5.42. The summed E-state index contributed by atoms with van der Waals surface area (Å²) in [6.45, 7) is 5.54. The molecule has 32 heavy (non-hydrogen) atoms. The highest BCUT2D eigenvalue weighted by Gasteiger charge is 2.38. The van der Waals surface area contributed by atoms with Crippen molar-refractivity contribution in [3.05, 3.63) is 76.4 Å². The van der Waals surface area contributed by atoms with E-state index < -0.39 is 11.4 Å². The Morgan fingerprint density at radius 2 is 1.84 bits per heavy atom. The van der Waals surface area contributed by atoms with Gasteiger partial charge in [-0.3, -0.25) is 4.79 Å². The molecule has 0 spiro atoms. The SMILES string of the molecule is Cc1ccc(F)cc1OCc1c(-c2ccccc2N=O)ccc2c1N(C)C(=O)C(C)(C)N2. The van der Waals surface area contributed by atoms with Crippen molar-refractivity contribution in [3.8, 4) is 16.9 Å². The van der Waals surface area contributed by atoms with E-state index in [1.807, 2.05) is 39.0 Å². The number of anilines is 2. The standard InChI is InChI=1S/C25H24FN3O3/c1-15-9-10-16(26)13-22(15)32-14-19-17(18-7-5-6-8-20(18)28-31)11-12-21-23(19)29(4)24(30)25(2,3)27-21/h5-13,27H,14H2,1-4H3. The summed E-state index contributed by atoms with van der Waals surface area (Å²) in [5.41, 5.74) is 3.77. The summed E-state index contributed by atoms with van der Waals surface area (Å²) in [6, 6.07) is 15.1. The summed E-state index contributed by atoms with van der Waals surface area (Å²) in [4.78, 5) is 26.1. The maximum atomic E-state index is 13.8. The molecule has 6 nitrogen and oxygen atoms in total. The quantitative estimate of drug-likeness (QED) is 0.505. The molecule has 0 fully saturated rings. The summed E-state index contributed by atoms with van der Waals surface area (Å²) in [5, 5.41) is 6.46. The van der Waals surface area contributed by atoms with Crippen LogP contribution >= 0.6 is 0 Å². The molecule has 164 valence electrons. The highest BCUT2D eigenvalue weighted by atomic mass is 19.1. The number of nitrogens with zero attached hydrogens (tertiary/aromatic N) is 2. The number of fused-ring (bicyclic) bond motifs is 1. The number of nitroso groups, excluding NO2 is 1. The molecule has 1 N–H and O–H groups in total. The van der Waals surface area contributed by atoms with E-state index in [9.17, 15) is 14.1 Å². The molecule has 0 aromatic heterocycles. The van der Waals surface area contributed by atoms with Crippen molar-refractivity contribution < 1.29 is 13.9 Å². The van der Waals surface area contributed by atoms with Crippen LogP contribution in [0.4, 0.5) is 21.5 Å². The molecule has 0 atom stereocenters. The predicted octanol–water partition coefficient (Wildman–Crippen LogP) is 5.94. The monoisotopic (exact) mass is 433 g/mol. The van der Waals surface area contributed by atoms with Crippen LogP contribution in [0.1, 0.15) is 25.0 Å². The third-order valence-corrected chi connectivity index (χ3v) is 5.72. The van der Waals surface area contributed by atoms with Gasteiger partial charge >= 0.3 is 0 Å². The van der Waals surface area contributed by atoms with E-state index in [1.165, 1.54) is 12.1 Å². The lowest BCUT2D eigenvalue weighted by Gasteiger charge is -2.39. The van der Waals surface area contributed by atoms with E-state index in [-0.39, 0.29) is 18.2 Å². The van der Waals surface area contributed by atoms with Gasteiger partial charge in [0.1, 0.15) is 29.4 Å². The van der Waals surface area contributed by atoms with Gasteiger partial charge in [0.15, 0.2) is 0 Å². The molecule has 3 aromatic carbocycles. The van der Waals surface area contributed by atoms with Crippen LogP contribution in [-0.2, 0) is 11.4 Å². The predicted molar refractivity (Wildman–Crippen MR) is 124 cm³/mol. The number of halogens is 1. The summed E-state index contributed by atoms with van der Waals surface area (Å²) >= 11 is 0. The molecule has 1 aliphatic rings. The molecule has 0 saturated heterocycles. The first-order valence-corrected chi connectivity index (χ1v) is 10.3. The Bertz CT molecular complexity index is 1220. The summed E-state index contributed by atoms with van der Waals surface area (Å²) in [5.74, 6) is -0.0901. The van der Waals surface area contributed by atoms with Crippen LogP contribution in [0.25, 0.3) is 11.1 Å². The number of carbonyl (C=O) groups excluding carboxylic acids is 1. The second-order valence-electron chi connectivity index (χ2n) is 8.41. The van der Waals surface area contributed by atoms with Crippen LogP contribution in [0.5, 0.6) is 5.75 Å². The van der Waals surface area contributed by atoms with Crippen molar-refractivity contribution >= 4 is 23.0 Å². The van der Waals surface area contributed by atoms with Gasteiger partial charge in [-0.1, -0.05) is 30.3 Å². The van der Waals surface area contributed by atoms with Crippen molar-refractivity contribution in [2.75, 3.05) is 17.3 Å². The number of aryl methyl sites for hydroxylation is 1. The van der Waals surface area contributed by atoms with Crippen LogP contribution in [0.2, 0.25) is 0 Å². The maximum absolute atomic E-state index is 13.8. The molecule has 0 radical (unpaired) electrons. The minimum Gasteiger partial charge on any atom is -0.488 e. The third kappa shape index (κ3) is 3.70. The number of amides is 1. The Morgan fingerprint density at radius 3 is 2.59 bits per heavy atom. The number of likely N-dealkylation sites (N-methyl/N-ethyl adjacent to an activating group) is 1. The molecular weight excluding hydrogens is 409 g/mol. The molecule has 0 bridgehead atoms. The first-order chi connectivity index (χ1) is 15.2. The maximum Gasteiger partial charge on any atom is 0.251 e. The van der Waals surface area contributed by atoms with Gasteiger partial charge in [0.05, 0.1) is 11.4 Å². The average molecular weight is 433 g/mol. The van der Waals surface area contributed by atoms with Gasteiger partial charge < -0.3 is 15.0 Å². The molecule has 7 heteroatoms. The molecule has 0 unspecified atom stereocenters. The number of benzene rings is 3. The van der Waals surface area contributed by atoms with Crippen molar-refractivity contribution in [2.24, 2.45) is 5.18 Å². The van der Waals surface area contributed by atoms with Crippen molar-refractivity contribution in [1.82, 2.24) is 0 Å². The lowest BCUT2D eigenvalue weighted by atomic mass is 9.91. The van der Waals surface area contributed by atoms with Crippen LogP contribution in [0, 0.1) is 17.6 Å². The van der Waals surface area contributed by atoms with Gasteiger partial charge in [0.2, 0.25) is 0 Å². The Hall–Kier alpha value is -3.74. The molecular formula is C25H24FN3O3. The Labute approximate surface area is 186 Å². The molecule has 1 aliphatic heterocycles. The van der Waals surface area contributed by atoms with Crippen molar-refractivity contribution in [3.63, 3.8) is 0 Å². The number of rotatable bonds is 5. The van der Waals surface area contributed by atoms with Gasteiger partial charge in [0, 0.05) is 24.2 Å². The first kappa shape index (κ1) is 21.5. The fraction of sp³-hybridized carbons (Fsp3) is 0.240. The zero-order chi connectivity index (χ0) is 23.0. The zero-order valence-corrected chi connectivity index (χ0v) is 18.4. The van der Waals surface area contributed by atoms with Crippen molar-refractivity contribution in [2.45, 2.75) is 32.9 Å². The average Bonchev–Trinajstić information content (AvgIpc) is 2.77. The number of hydrogen-bond donors (Lipinski definition) is 1. The van der Waals surface area contributed by atoms with Crippen LogP contribution in [-0.4, -0.2) is 18.5 Å². The molecule has 0 saturated carbocycles. The van der Waals surface area contributed by atoms with Gasteiger partial charge in [-0.2, -0.15) is 0 Å². The number of hydrogen-bond acceptors (Lipinski definition) is 5. The lowest BCUT2D eigenvalue weighted by Crippen LogP contribution is -2.52. The fourth-order valence-corrected chi connectivity index (χ4v) is 4.09. The first-order valence-electron chi connectivity index (χ1n) is 10.3. The molecule has 1 heterocycles. The van der Waals surface area contributed by atoms with Gasteiger partial charge in [-0.05, 0) is 55.3 Å². The second kappa shape index (κ2) is 8.07. The smallest absolute Gasteiger partial charge is 0.251 e. The minimum absolute atomic E-state index is 0.0652. The largest absolute Gasteiger partial charge is 0.488 e. The second-order valence-corrected chi connectivity index (χ2v) is 8.41. The van der Waals surface area contributed by atoms with Crippen LogP contribution < -0.4 is 15.0 Å². The van der Waals surface area contributed by atoms with Crippen LogP contribution in [0.15, 0.2) is 59.8 Å². The molecule has 0 aliphatic carbocycles. The van der Waals surface area contributed by atoms with E-state index in [2.05, 4.69) is 10.5 Å². The number of ether oxygens (including phenoxy) is 1. The summed E-state index contributed by atoms with van der Waals surface area (Å²) in [6.07, 6.45) is 0. The number of nitrogens with one attached hydrogen (secondary N) is 1. The summed E-state index contributed by atoms with van der Waals surface area (Å²) in [7, 11) is 1.72. The van der Waals surface area contributed by atoms with E-state index in [0.29, 0.717) is 28.1 Å². The fourth-order valence-electron chi connectivity index (χ4n) is 4.09. The highest BCUT2D eigenvalue weighted by molar-refractivity contribution is 6.09. The normalized spacial score (nSPS) is 14.5. The Morgan fingerprint density at radius 1 is 1.09 bits per heavy atom. The topological polar surface area (TPSA) is 71.0 Å². The van der Waals surface area contributed by atoms with E-state index in [4.69, 9.17) is 4.74 Å². The highest BCUT2D eigenvalue weighted by Crippen LogP contribution is 2.44. The molecule has 1 amide bonds. The van der Waals surface area contributed by atoms with Gasteiger partial charge in [-0.25, -0.2) is 4.39 Å². The Balaban J connectivity index is 1.89. The summed E-state index contributed by atoms with van der Waals surface area (Å²) < 4.78 is 19.8. The third-order valence-electron chi connectivity index (χ3n) is 5.72. The molecule has 4 rings (SSSR count). The number of carbonyl (C=O) groups is 1. The van der Waals surface area contributed by atoms with Gasteiger partial charge in [0.25, 0.3) is 5.91 Å².